The first kappa shape index (κ1) is 23.4. The number of piperazine rings is 1. The molecule has 0 radical (unpaired) electrons. The van der Waals surface area contributed by atoms with Crippen molar-refractivity contribution in [2.24, 2.45) is 5.14 Å². The molecule has 0 aliphatic carbocycles. The van der Waals surface area contributed by atoms with Gasteiger partial charge in [-0.1, -0.05) is 36.4 Å². The molecule has 168 valence electrons. The molecule has 1 aliphatic rings. The summed E-state index contributed by atoms with van der Waals surface area (Å²) in [7, 11) is -3.67. The topological polar surface area (TPSA) is 95.7 Å². The lowest BCUT2D eigenvalue weighted by Crippen LogP contribution is -2.46. The molecule has 31 heavy (non-hydrogen) atoms. The fourth-order valence-corrected chi connectivity index (χ4v) is 4.25. The van der Waals surface area contributed by atoms with Crippen LogP contribution in [0.25, 0.3) is 0 Å². The van der Waals surface area contributed by atoms with E-state index in [1.807, 2.05) is 0 Å². The first-order chi connectivity index (χ1) is 14.8. The molecule has 0 atom stereocenters. The van der Waals surface area contributed by atoms with Crippen molar-refractivity contribution in [3.63, 3.8) is 0 Å². The molecule has 2 aromatic rings. The van der Waals surface area contributed by atoms with Gasteiger partial charge in [-0.05, 0) is 42.2 Å². The molecular weight excluding hydrogens is 412 g/mol. The summed E-state index contributed by atoms with van der Waals surface area (Å²) >= 11 is 0. The molecule has 1 aliphatic heterocycles. The third kappa shape index (κ3) is 7.43. The van der Waals surface area contributed by atoms with Gasteiger partial charge in [-0.3, -0.25) is 9.69 Å². The Bertz CT molecular complexity index is 969. The number of carbonyl (C=O) groups is 1. The summed E-state index contributed by atoms with van der Waals surface area (Å²) in [4.78, 5) is 17.1. The molecule has 0 bridgehead atoms. The summed E-state index contributed by atoms with van der Waals surface area (Å²) in [6.07, 6.45) is 1.14. The summed E-state index contributed by atoms with van der Waals surface area (Å²) in [5, 5.41) is 8.04. The lowest BCUT2D eigenvalue weighted by Gasteiger charge is -2.34. The number of aryl methyl sites for hydroxylation is 1. The zero-order chi connectivity index (χ0) is 22.3. The summed E-state index contributed by atoms with van der Waals surface area (Å²) < 4.78 is 22.6. The zero-order valence-corrected chi connectivity index (χ0v) is 18.9. The van der Waals surface area contributed by atoms with Crippen LogP contribution < -0.4 is 10.5 Å². The highest BCUT2D eigenvalue weighted by Gasteiger charge is 2.18. The van der Waals surface area contributed by atoms with Crippen molar-refractivity contribution < 1.29 is 13.2 Å². The van der Waals surface area contributed by atoms with Crippen molar-refractivity contribution in [3.05, 3.63) is 65.2 Å². The molecule has 0 aromatic heterocycles. The minimum Gasteiger partial charge on any atom is -0.356 e. The first-order valence-corrected chi connectivity index (χ1v) is 12.2. The zero-order valence-electron chi connectivity index (χ0n) is 18.1. The number of sulfonamides is 1. The Morgan fingerprint density at radius 3 is 2.29 bits per heavy atom. The number of carbonyl (C=O) groups excluding carboxylic acids is 1. The van der Waals surface area contributed by atoms with E-state index in [4.69, 9.17) is 5.14 Å². The van der Waals surface area contributed by atoms with E-state index in [0.29, 0.717) is 19.4 Å². The lowest BCUT2D eigenvalue weighted by atomic mass is 10.1. The van der Waals surface area contributed by atoms with Gasteiger partial charge >= 0.3 is 0 Å². The van der Waals surface area contributed by atoms with Gasteiger partial charge in [0.25, 0.3) is 0 Å². The number of benzene rings is 2. The van der Waals surface area contributed by atoms with E-state index in [1.54, 1.807) is 12.1 Å². The van der Waals surface area contributed by atoms with Gasteiger partial charge in [-0.2, -0.15) is 0 Å². The summed E-state index contributed by atoms with van der Waals surface area (Å²) in [6.45, 7) is 8.44. The van der Waals surface area contributed by atoms with Gasteiger partial charge in [0.05, 0.1) is 4.90 Å². The van der Waals surface area contributed by atoms with E-state index < -0.39 is 10.0 Å². The minimum atomic E-state index is -3.67. The third-order valence-electron chi connectivity index (χ3n) is 5.76. The van der Waals surface area contributed by atoms with Gasteiger partial charge in [-0.25, -0.2) is 13.6 Å². The first-order valence-electron chi connectivity index (χ1n) is 10.7. The Balaban J connectivity index is 1.31. The molecular formula is C23H32N4O3S. The molecule has 1 amide bonds. The number of nitrogens with one attached hydrogen (secondary N) is 1. The number of nitrogens with zero attached hydrogens (tertiary/aromatic N) is 2. The number of primary sulfonamides is 1. The van der Waals surface area contributed by atoms with E-state index >= 15 is 0 Å². The number of nitrogens with two attached hydrogens (primary N) is 1. The maximum Gasteiger partial charge on any atom is 0.238 e. The number of hydrogen-bond acceptors (Lipinski definition) is 5. The number of hydrogen-bond donors (Lipinski definition) is 2. The van der Waals surface area contributed by atoms with Gasteiger partial charge in [0.2, 0.25) is 15.9 Å². The lowest BCUT2D eigenvalue weighted by molar-refractivity contribution is -0.121. The van der Waals surface area contributed by atoms with Crippen LogP contribution in [0.4, 0.5) is 0 Å². The Morgan fingerprint density at radius 1 is 1.00 bits per heavy atom. The highest BCUT2D eigenvalue weighted by molar-refractivity contribution is 7.89. The highest BCUT2D eigenvalue weighted by atomic mass is 32.2. The van der Waals surface area contributed by atoms with Crippen LogP contribution in [0.5, 0.6) is 0 Å². The van der Waals surface area contributed by atoms with Gasteiger partial charge in [0.15, 0.2) is 0 Å². The van der Waals surface area contributed by atoms with E-state index in [9.17, 15) is 13.2 Å². The highest BCUT2D eigenvalue weighted by Crippen LogP contribution is 2.13. The summed E-state index contributed by atoms with van der Waals surface area (Å²) in [6, 6.07) is 15.0. The maximum absolute atomic E-state index is 12.2. The number of amides is 1. The van der Waals surface area contributed by atoms with E-state index in [-0.39, 0.29) is 10.8 Å². The van der Waals surface area contributed by atoms with Crippen LogP contribution in [-0.4, -0.2) is 63.4 Å². The van der Waals surface area contributed by atoms with Crippen molar-refractivity contribution >= 4 is 15.9 Å². The van der Waals surface area contributed by atoms with Gasteiger partial charge in [-0.15, -0.1) is 0 Å². The van der Waals surface area contributed by atoms with Gasteiger partial charge < -0.3 is 10.2 Å². The monoisotopic (exact) mass is 444 g/mol. The number of rotatable bonds is 9. The van der Waals surface area contributed by atoms with Crippen LogP contribution in [0.15, 0.2) is 53.4 Å². The Morgan fingerprint density at radius 2 is 1.65 bits per heavy atom. The van der Waals surface area contributed by atoms with Crippen LogP contribution in [0.3, 0.4) is 0 Å². The SMILES string of the molecule is Cc1ccccc1CN1CCN(CCC(=O)NCCc2ccc(S(N)(=O)=O)cc2)CC1. The molecule has 3 rings (SSSR count). The standard InChI is InChI=1S/C23H32N4O3S/c1-19-4-2-3-5-21(19)18-27-16-14-26(15-17-27)13-11-23(28)25-12-10-20-6-8-22(9-7-20)31(24,29)30/h2-9H,10-18H2,1H3,(H,25,28)(H2,24,29,30). The van der Waals surface area contributed by atoms with E-state index in [0.717, 1.165) is 44.8 Å². The van der Waals surface area contributed by atoms with Crippen LogP contribution >= 0.6 is 0 Å². The van der Waals surface area contributed by atoms with Crippen molar-refractivity contribution in [1.29, 1.82) is 0 Å². The maximum atomic E-state index is 12.2. The second kappa shape index (κ2) is 10.9. The molecule has 0 spiro atoms. The normalized spacial score (nSPS) is 15.7. The Hall–Kier alpha value is -2.26. The van der Waals surface area contributed by atoms with Crippen molar-refractivity contribution in [2.45, 2.75) is 31.2 Å². The second-order valence-corrected chi connectivity index (χ2v) is 9.64. The Labute approximate surface area is 185 Å². The minimum absolute atomic E-state index is 0.0449. The molecule has 1 fully saturated rings. The van der Waals surface area contributed by atoms with Crippen LogP contribution in [-0.2, 0) is 27.8 Å². The fourth-order valence-electron chi connectivity index (χ4n) is 3.74. The molecule has 3 N–H and O–H groups in total. The van der Waals surface area contributed by atoms with Gasteiger partial charge in [0, 0.05) is 52.2 Å². The molecule has 1 saturated heterocycles. The summed E-state index contributed by atoms with van der Waals surface area (Å²) in [5.41, 5.74) is 3.68. The van der Waals surface area contributed by atoms with Crippen LogP contribution in [0, 0.1) is 6.92 Å². The van der Waals surface area contributed by atoms with Crippen LogP contribution in [0.1, 0.15) is 23.1 Å². The van der Waals surface area contributed by atoms with Crippen LogP contribution in [0.2, 0.25) is 0 Å². The average Bonchev–Trinajstić information content (AvgIpc) is 2.75. The van der Waals surface area contributed by atoms with Crippen molar-refractivity contribution in [3.8, 4) is 0 Å². The largest absolute Gasteiger partial charge is 0.356 e. The second-order valence-electron chi connectivity index (χ2n) is 8.08. The van der Waals surface area contributed by atoms with E-state index in [2.05, 4.69) is 46.3 Å². The molecule has 7 nitrogen and oxygen atoms in total. The van der Waals surface area contributed by atoms with E-state index in [1.165, 1.54) is 23.3 Å². The molecule has 1 heterocycles. The quantitative estimate of drug-likeness (QED) is 0.611. The predicted octanol–water partition coefficient (Wildman–Crippen LogP) is 1.51. The summed E-state index contributed by atoms with van der Waals surface area (Å²) in [5.74, 6) is 0.0449. The molecule has 0 saturated carbocycles. The van der Waals surface area contributed by atoms with Gasteiger partial charge in [0.1, 0.15) is 0 Å². The molecule has 0 unspecified atom stereocenters. The average molecular weight is 445 g/mol. The smallest absolute Gasteiger partial charge is 0.238 e. The predicted molar refractivity (Wildman–Crippen MR) is 122 cm³/mol. The third-order valence-corrected chi connectivity index (χ3v) is 6.69. The van der Waals surface area contributed by atoms with Crippen molar-refractivity contribution in [2.75, 3.05) is 39.3 Å². The fraction of sp³-hybridized carbons (Fsp3) is 0.435. The Kier molecular flexibility index (Phi) is 8.20. The molecule has 8 heteroatoms. The molecule has 2 aromatic carbocycles. The van der Waals surface area contributed by atoms with Crippen molar-refractivity contribution in [1.82, 2.24) is 15.1 Å².